The molecule has 1 rings (SSSR count). The van der Waals surface area contributed by atoms with Crippen molar-refractivity contribution in [1.29, 1.82) is 0 Å². The van der Waals surface area contributed by atoms with Crippen molar-refractivity contribution in [1.82, 2.24) is 10.2 Å². The predicted molar refractivity (Wildman–Crippen MR) is 76.5 cm³/mol. The lowest BCUT2D eigenvalue weighted by Gasteiger charge is -2.32. The Morgan fingerprint density at radius 1 is 1.28 bits per heavy atom. The van der Waals surface area contributed by atoms with E-state index in [1.807, 2.05) is 4.90 Å². The molecule has 18 heavy (non-hydrogen) atoms. The number of rotatable bonds is 4. The second kappa shape index (κ2) is 7.01. The summed E-state index contributed by atoms with van der Waals surface area (Å²) in [6, 6.07) is 0.132. The Bertz CT molecular complexity index is 255. The first kappa shape index (κ1) is 15.3. The smallest absolute Gasteiger partial charge is 0.317 e. The molecule has 0 saturated carbocycles. The van der Waals surface area contributed by atoms with Crippen molar-refractivity contribution in [3.8, 4) is 0 Å². The van der Waals surface area contributed by atoms with E-state index in [-0.39, 0.29) is 6.03 Å². The van der Waals surface area contributed by atoms with Crippen LogP contribution in [0.2, 0.25) is 0 Å². The molecule has 2 amide bonds. The number of carbonyl (C=O) groups is 1. The lowest BCUT2D eigenvalue weighted by Crippen LogP contribution is -2.47. The third-order valence-corrected chi connectivity index (χ3v) is 4.15. The summed E-state index contributed by atoms with van der Waals surface area (Å²) in [4.78, 5) is 14.1. The molecule has 1 aliphatic rings. The van der Waals surface area contributed by atoms with Gasteiger partial charge < -0.3 is 10.2 Å². The van der Waals surface area contributed by atoms with Crippen LogP contribution in [0.1, 0.15) is 47.5 Å². The van der Waals surface area contributed by atoms with Gasteiger partial charge in [-0.1, -0.05) is 34.6 Å². The minimum Gasteiger partial charge on any atom is -0.338 e. The molecule has 3 nitrogen and oxygen atoms in total. The Hall–Kier alpha value is -0.730. The number of nitrogens with zero attached hydrogens (tertiary/aromatic N) is 1. The number of carbonyl (C=O) groups excluding carboxylic acids is 1. The fraction of sp³-hybridized carbons (Fsp3) is 0.933. The molecule has 1 saturated heterocycles. The van der Waals surface area contributed by atoms with Gasteiger partial charge in [-0.15, -0.1) is 0 Å². The molecule has 3 heteroatoms. The molecule has 0 radical (unpaired) electrons. The molecular formula is C15H30N2O. The van der Waals surface area contributed by atoms with Crippen molar-refractivity contribution in [3.05, 3.63) is 0 Å². The third-order valence-electron chi connectivity index (χ3n) is 4.15. The average molecular weight is 254 g/mol. The maximum absolute atomic E-state index is 12.1. The normalized spacial score (nSPS) is 20.9. The first-order valence-corrected chi connectivity index (χ1v) is 7.44. The molecule has 1 N–H and O–H groups in total. The summed E-state index contributed by atoms with van der Waals surface area (Å²) in [5.41, 5.74) is 0. The Morgan fingerprint density at radius 3 is 2.39 bits per heavy atom. The lowest BCUT2D eigenvalue weighted by atomic mass is 9.85. The maximum Gasteiger partial charge on any atom is 0.317 e. The highest BCUT2D eigenvalue weighted by atomic mass is 16.2. The first-order valence-electron chi connectivity index (χ1n) is 7.44. The zero-order chi connectivity index (χ0) is 13.7. The van der Waals surface area contributed by atoms with E-state index in [0.717, 1.165) is 26.1 Å². The minimum absolute atomic E-state index is 0.132. The van der Waals surface area contributed by atoms with Gasteiger partial charge in [0.2, 0.25) is 0 Å². The van der Waals surface area contributed by atoms with Crippen LogP contribution < -0.4 is 5.32 Å². The highest BCUT2D eigenvalue weighted by Crippen LogP contribution is 2.20. The summed E-state index contributed by atoms with van der Waals surface area (Å²) in [6.45, 7) is 13.8. The standard InChI is InChI=1S/C15H30N2O/c1-11(2)14(12(3)4)9-16-15(18)17-8-6-7-13(5)10-17/h11-14H,6-10H2,1-5H3,(H,16,18). The second-order valence-corrected chi connectivity index (χ2v) is 6.53. The number of amides is 2. The zero-order valence-corrected chi connectivity index (χ0v) is 12.7. The van der Waals surface area contributed by atoms with E-state index in [1.54, 1.807) is 0 Å². The van der Waals surface area contributed by atoms with Gasteiger partial charge in [-0.3, -0.25) is 0 Å². The number of hydrogen-bond donors (Lipinski definition) is 1. The van der Waals surface area contributed by atoms with Crippen LogP contribution >= 0.6 is 0 Å². The Morgan fingerprint density at radius 2 is 1.89 bits per heavy atom. The number of hydrogen-bond acceptors (Lipinski definition) is 1. The van der Waals surface area contributed by atoms with Gasteiger partial charge in [0.25, 0.3) is 0 Å². The Balaban J connectivity index is 2.39. The van der Waals surface area contributed by atoms with Crippen molar-refractivity contribution < 1.29 is 4.79 Å². The third kappa shape index (κ3) is 4.51. The van der Waals surface area contributed by atoms with Gasteiger partial charge >= 0.3 is 6.03 Å². The molecule has 1 heterocycles. The molecule has 0 aromatic carbocycles. The average Bonchev–Trinajstić information content (AvgIpc) is 2.28. The van der Waals surface area contributed by atoms with Crippen molar-refractivity contribution in [2.45, 2.75) is 47.5 Å². The number of urea groups is 1. The summed E-state index contributed by atoms with van der Waals surface area (Å²) >= 11 is 0. The van der Waals surface area contributed by atoms with E-state index >= 15 is 0 Å². The maximum atomic E-state index is 12.1. The van der Waals surface area contributed by atoms with Crippen molar-refractivity contribution >= 4 is 6.03 Å². The summed E-state index contributed by atoms with van der Waals surface area (Å²) in [5.74, 6) is 2.45. The molecule has 106 valence electrons. The predicted octanol–water partition coefficient (Wildman–Crippen LogP) is 3.36. The largest absolute Gasteiger partial charge is 0.338 e. The highest BCUT2D eigenvalue weighted by molar-refractivity contribution is 5.74. The number of piperidine rings is 1. The Kier molecular flexibility index (Phi) is 5.97. The van der Waals surface area contributed by atoms with Crippen LogP contribution in [0.15, 0.2) is 0 Å². The zero-order valence-electron chi connectivity index (χ0n) is 12.7. The van der Waals surface area contributed by atoms with Crippen molar-refractivity contribution in [3.63, 3.8) is 0 Å². The van der Waals surface area contributed by atoms with Gasteiger partial charge in [-0.25, -0.2) is 4.79 Å². The molecule has 1 aliphatic heterocycles. The van der Waals surface area contributed by atoms with Gasteiger partial charge in [0.1, 0.15) is 0 Å². The summed E-state index contributed by atoms with van der Waals surface area (Å²) in [6.07, 6.45) is 2.40. The molecule has 0 spiro atoms. The van der Waals surface area contributed by atoms with Crippen molar-refractivity contribution in [2.24, 2.45) is 23.7 Å². The van der Waals surface area contributed by atoms with Crippen LogP contribution in [0.25, 0.3) is 0 Å². The van der Waals surface area contributed by atoms with E-state index in [4.69, 9.17) is 0 Å². The lowest BCUT2D eigenvalue weighted by molar-refractivity contribution is 0.164. The molecule has 0 aromatic heterocycles. The van der Waals surface area contributed by atoms with Crippen LogP contribution in [0.4, 0.5) is 4.79 Å². The van der Waals surface area contributed by atoms with E-state index in [9.17, 15) is 4.79 Å². The molecule has 1 fully saturated rings. The van der Waals surface area contributed by atoms with Gasteiger partial charge in [-0.2, -0.15) is 0 Å². The quantitative estimate of drug-likeness (QED) is 0.820. The first-order chi connectivity index (χ1) is 8.41. The molecule has 1 unspecified atom stereocenters. The fourth-order valence-corrected chi connectivity index (χ4v) is 2.93. The SMILES string of the molecule is CC1CCCN(C(=O)NCC(C(C)C)C(C)C)C1. The van der Waals surface area contributed by atoms with Crippen molar-refractivity contribution in [2.75, 3.05) is 19.6 Å². The van der Waals surface area contributed by atoms with Gasteiger partial charge in [0, 0.05) is 19.6 Å². The molecule has 0 aromatic rings. The highest BCUT2D eigenvalue weighted by Gasteiger charge is 2.23. The summed E-state index contributed by atoms with van der Waals surface area (Å²) in [5, 5.41) is 3.12. The molecule has 1 atom stereocenters. The number of nitrogens with one attached hydrogen (secondary N) is 1. The summed E-state index contributed by atoms with van der Waals surface area (Å²) in [7, 11) is 0. The Labute approximate surface area is 112 Å². The van der Waals surface area contributed by atoms with Gasteiger partial charge in [0.05, 0.1) is 0 Å². The van der Waals surface area contributed by atoms with Crippen LogP contribution in [0, 0.1) is 23.7 Å². The molecule has 0 aliphatic carbocycles. The van der Waals surface area contributed by atoms with Gasteiger partial charge in [0.15, 0.2) is 0 Å². The fourth-order valence-electron chi connectivity index (χ4n) is 2.93. The molecular weight excluding hydrogens is 224 g/mol. The minimum atomic E-state index is 0.132. The van der Waals surface area contributed by atoms with Crippen LogP contribution in [0.5, 0.6) is 0 Å². The van der Waals surface area contributed by atoms with Crippen LogP contribution in [-0.2, 0) is 0 Å². The van der Waals surface area contributed by atoms with E-state index in [0.29, 0.717) is 23.7 Å². The molecule has 0 bridgehead atoms. The summed E-state index contributed by atoms with van der Waals surface area (Å²) < 4.78 is 0. The number of likely N-dealkylation sites (tertiary alicyclic amines) is 1. The van der Waals surface area contributed by atoms with E-state index in [2.05, 4.69) is 39.9 Å². The monoisotopic (exact) mass is 254 g/mol. The van der Waals surface area contributed by atoms with Crippen LogP contribution in [0.3, 0.4) is 0 Å². The van der Waals surface area contributed by atoms with E-state index in [1.165, 1.54) is 6.42 Å². The topological polar surface area (TPSA) is 32.3 Å². The second-order valence-electron chi connectivity index (χ2n) is 6.53. The van der Waals surface area contributed by atoms with Crippen LogP contribution in [-0.4, -0.2) is 30.6 Å². The van der Waals surface area contributed by atoms with E-state index < -0.39 is 0 Å². The van der Waals surface area contributed by atoms with Gasteiger partial charge in [-0.05, 0) is 36.5 Å².